The number of anilines is 1. The Bertz CT molecular complexity index is 1040. The number of hydrogen-bond acceptors (Lipinski definition) is 6. The summed E-state index contributed by atoms with van der Waals surface area (Å²) in [6.07, 6.45) is 1.41. The number of ether oxygens (including phenoxy) is 2. The Kier molecular flexibility index (Phi) is 4.94. The molecule has 0 spiro atoms. The smallest absolute Gasteiger partial charge is 0.262 e. The average molecular weight is 373 g/mol. The number of nitrogens with one attached hydrogen (secondary N) is 1. The molecule has 2 heterocycles. The standard InChI is InChI=1S/C18H19N3O4S/c1-10-11(2)26-17-16(10)18(23)21(9-19-17)8-15(22)20-13-7-12(24-3)5-6-14(13)25-4/h5-7,9H,8H2,1-4H3,(H,20,22). The minimum absolute atomic E-state index is 0.142. The van der Waals surface area contributed by atoms with Gasteiger partial charge in [0, 0.05) is 10.9 Å². The number of nitrogens with zero attached hydrogens (tertiary/aromatic N) is 2. The van der Waals surface area contributed by atoms with Crippen LogP contribution in [0.4, 0.5) is 5.69 Å². The molecule has 2 aromatic heterocycles. The monoisotopic (exact) mass is 373 g/mol. The van der Waals surface area contributed by atoms with E-state index in [0.717, 1.165) is 10.4 Å². The van der Waals surface area contributed by atoms with Crippen molar-refractivity contribution in [2.24, 2.45) is 0 Å². The maximum Gasteiger partial charge on any atom is 0.262 e. The van der Waals surface area contributed by atoms with Gasteiger partial charge in [-0.2, -0.15) is 0 Å². The Balaban J connectivity index is 1.87. The number of aromatic nitrogens is 2. The van der Waals surface area contributed by atoms with Gasteiger partial charge in [-0.3, -0.25) is 14.2 Å². The van der Waals surface area contributed by atoms with E-state index in [1.54, 1.807) is 25.3 Å². The van der Waals surface area contributed by atoms with E-state index in [1.165, 1.54) is 29.3 Å². The van der Waals surface area contributed by atoms with Crippen molar-refractivity contribution in [1.82, 2.24) is 9.55 Å². The van der Waals surface area contributed by atoms with Gasteiger partial charge in [0.05, 0.1) is 31.6 Å². The lowest BCUT2D eigenvalue weighted by molar-refractivity contribution is -0.116. The van der Waals surface area contributed by atoms with Gasteiger partial charge >= 0.3 is 0 Å². The first kappa shape index (κ1) is 17.9. The van der Waals surface area contributed by atoms with Crippen molar-refractivity contribution in [1.29, 1.82) is 0 Å². The fourth-order valence-corrected chi connectivity index (χ4v) is 3.63. The highest BCUT2D eigenvalue weighted by molar-refractivity contribution is 7.18. The van der Waals surface area contributed by atoms with Crippen molar-refractivity contribution >= 4 is 33.1 Å². The second-order valence-electron chi connectivity index (χ2n) is 5.76. The minimum atomic E-state index is -0.357. The van der Waals surface area contributed by atoms with Crippen molar-refractivity contribution < 1.29 is 14.3 Å². The molecule has 1 amide bonds. The quantitative estimate of drug-likeness (QED) is 0.744. The van der Waals surface area contributed by atoms with Crippen LogP contribution in [0.25, 0.3) is 10.2 Å². The van der Waals surface area contributed by atoms with Crippen LogP contribution in [-0.2, 0) is 11.3 Å². The first-order valence-electron chi connectivity index (χ1n) is 7.91. The van der Waals surface area contributed by atoms with Gasteiger partial charge in [-0.1, -0.05) is 0 Å². The Morgan fingerprint density at radius 2 is 2.04 bits per heavy atom. The third-order valence-electron chi connectivity index (χ3n) is 4.15. The molecular formula is C18H19N3O4S. The molecule has 0 aliphatic rings. The molecule has 0 bridgehead atoms. The molecule has 0 aliphatic carbocycles. The first-order chi connectivity index (χ1) is 12.4. The van der Waals surface area contributed by atoms with Crippen LogP contribution in [0.3, 0.4) is 0 Å². The van der Waals surface area contributed by atoms with E-state index in [2.05, 4.69) is 10.3 Å². The number of carbonyl (C=O) groups is 1. The molecule has 3 rings (SSSR count). The summed E-state index contributed by atoms with van der Waals surface area (Å²) in [7, 11) is 3.06. The van der Waals surface area contributed by atoms with E-state index in [4.69, 9.17) is 9.47 Å². The van der Waals surface area contributed by atoms with Gasteiger partial charge in [0.15, 0.2) is 0 Å². The van der Waals surface area contributed by atoms with Crippen molar-refractivity contribution in [3.05, 3.63) is 45.3 Å². The summed E-state index contributed by atoms with van der Waals surface area (Å²) in [5.74, 6) is 0.736. The second kappa shape index (κ2) is 7.17. The molecule has 0 unspecified atom stereocenters. The topological polar surface area (TPSA) is 82.4 Å². The van der Waals surface area contributed by atoms with Crippen LogP contribution in [0.15, 0.2) is 29.3 Å². The van der Waals surface area contributed by atoms with Gasteiger partial charge in [0.25, 0.3) is 5.56 Å². The summed E-state index contributed by atoms with van der Waals surface area (Å²) in [5, 5.41) is 3.32. The zero-order chi connectivity index (χ0) is 18.8. The number of benzene rings is 1. The van der Waals surface area contributed by atoms with Gasteiger partial charge in [-0.15, -0.1) is 11.3 Å². The van der Waals surface area contributed by atoms with Gasteiger partial charge < -0.3 is 14.8 Å². The van der Waals surface area contributed by atoms with Crippen LogP contribution in [0.5, 0.6) is 11.5 Å². The lowest BCUT2D eigenvalue weighted by Gasteiger charge is -2.12. The van der Waals surface area contributed by atoms with E-state index in [-0.39, 0.29) is 18.0 Å². The lowest BCUT2D eigenvalue weighted by Crippen LogP contribution is -2.28. The molecule has 1 aromatic carbocycles. The van der Waals surface area contributed by atoms with Crippen molar-refractivity contribution in [3.63, 3.8) is 0 Å². The van der Waals surface area contributed by atoms with E-state index < -0.39 is 0 Å². The summed E-state index contributed by atoms with van der Waals surface area (Å²) in [6, 6.07) is 5.09. The molecular weight excluding hydrogens is 354 g/mol. The number of rotatable bonds is 5. The molecule has 1 N–H and O–H groups in total. The van der Waals surface area contributed by atoms with Crippen LogP contribution in [0, 0.1) is 13.8 Å². The molecule has 0 aliphatic heterocycles. The zero-order valence-electron chi connectivity index (χ0n) is 15.0. The first-order valence-corrected chi connectivity index (χ1v) is 8.73. The highest BCUT2D eigenvalue weighted by atomic mass is 32.1. The van der Waals surface area contributed by atoms with Crippen molar-refractivity contribution in [3.8, 4) is 11.5 Å². The largest absolute Gasteiger partial charge is 0.497 e. The Hall–Kier alpha value is -2.87. The van der Waals surface area contributed by atoms with Crippen LogP contribution in [-0.4, -0.2) is 29.7 Å². The summed E-state index contributed by atoms with van der Waals surface area (Å²) in [4.78, 5) is 31.2. The fourth-order valence-electron chi connectivity index (χ4n) is 2.64. The van der Waals surface area contributed by atoms with Gasteiger partial charge in [-0.25, -0.2) is 4.98 Å². The average Bonchev–Trinajstić information content (AvgIpc) is 2.92. The van der Waals surface area contributed by atoms with Crippen LogP contribution in [0.2, 0.25) is 0 Å². The minimum Gasteiger partial charge on any atom is -0.497 e. The normalized spacial score (nSPS) is 10.8. The third-order valence-corrected chi connectivity index (χ3v) is 5.27. The maximum absolute atomic E-state index is 12.7. The Morgan fingerprint density at radius 3 is 2.73 bits per heavy atom. The second-order valence-corrected chi connectivity index (χ2v) is 6.96. The molecule has 7 nitrogen and oxygen atoms in total. The van der Waals surface area contributed by atoms with Crippen LogP contribution < -0.4 is 20.3 Å². The molecule has 0 radical (unpaired) electrons. The van der Waals surface area contributed by atoms with Crippen LogP contribution >= 0.6 is 11.3 Å². The van der Waals surface area contributed by atoms with Crippen molar-refractivity contribution in [2.45, 2.75) is 20.4 Å². The van der Waals surface area contributed by atoms with Gasteiger partial charge in [-0.05, 0) is 31.5 Å². The maximum atomic E-state index is 12.7. The molecule has 0 atom stereocenters. The molecule has 3 aromatic rings. The number of carbonyl (C=O) groups excluding carboxylic acids is 1. The van der Waals surface area contributed by atoms with Crippen LogP contribution in [0.1, 0.15) is 10.4 Å². The molecule has 136 valence electrons. The fraction of sp³-hybridized carbons (Fsp3) is 0.278. The predicted octanol–water partition coefficient (Wildman–Crippen LogP) is 2.73. The number of amides is 1. The predicted molar refractivity (Wildman–Crippen MR) is 102 cm³/mol. The summed E-state index contributed by atoms with van der Waals surface area (Å²) >= 11 is 1.48. The molecule has 0 fully saturated rings. The van der Waals surface area contributed by atoms with E-state index in [1.807, 2.05) is 13.8 Å². The highest BCUT2D eigenvalue weighted by Crippen LogP contribution is 2.29. The number of methoxy groups -OCH3 is 2. The summed E-state index contributed by atoms with van der Waals surface area (Å²) in [5.41, 5.74) is 1.16. The Labute approximate surface area is 154 Å². The number of fused-ring (bicyclic) bond motifs is 1. The molecule has 0 saturated carbocycles. The van der Waals surface area contributed by atoms with Crippen molar-refractivity contribution in [2.75, 3.05) is 19.5 Å². The molecule has 26 heavy (non-hydrogen) atoms. The van der Waals surface area contributed by atoms with E-state index in [9.17, 15) is 9.59 Å². The SMILES string of the molecule is COc1ccc(OC)c(NC(=O)Cn2cnc3sc(C)c(C)c3c2=O)c1. The molecule has 0 saturated heterocycles. The number of hydrogen-bond donors (Lipinski definition) is 1. The molecule has 8 heteroatoms. The van der Waals surface area contributed by atoms with Gasteiger partial charge in [0.1, 0.15) is 22.9 Å². The van der Waals surface area contributed by atoms with E-state index in [0.29, 0.717) is 27.4 Å². The lowest BCUT2D eigenvalue weighted by atomic mass is 10.2. The Morgan fingerprint density at radius 1 is 1.27 bits per heavy atom. The number of thiophene rings is 1. The van der Waals surface area contributed by atoms with E-state index >= 15 is 0 Å². The third kappa shape index (κ3) is 3.28. The summed E-state index contributed by atoms with van der Waals surface area (Å²) in [6.45, 7) is 3.70. The number of aryl methyl sites for hydroxylation is 2. The summed E-state index contributed by atoms with van der Waals surface area (Å²) < 4.78 is 11.7. The highest BCUT2D eigenvalue weighted by Gasteiger charge is 2.15. The zero-order valence-corrected chi connectivity index (χ0v) is 15.8. The van der Waals surface area contributed by atoms with Gasteiger partial charge in [0.2, 0.25) is 5.91 Å².